The van der Waals surface area contributed by atoms with Gasteiger partial charge in [0.1, 0.15) is 5.69 Å². The van der Waals surface area contributed by atoms with Gasteiger partial charge in [-0.15, -0.1) is 0 Å². The van der Waals surface area contributed by atoms with Crippen LogP contribution < -0.4 is 10.2 Å². The van der Waals surface area contributed by atoms with Gasteiger partial charge in [0.25, 0.3) is 5.91 Å². The summed E-state index contributed by atoms with van der Waals surface area (Å²) in [5.41, 5.74) is 2.35. The first-order valence-electron chi connectivity index (χ1n) is 8.12. The molecule has 0 saturated heterocycles. The SMILES string of the molecule is CC(NC(=O)c1cnc(N(C)c2ccccc2)cn1)c1ccccc1. The summed E-state index contributed by atoms with van der Waals surface area (Å²) in [7, 11) is 1.91. The summed E-state index contributed by atoms with van der Waals surface area (Å²) in [5.74, 6) is 0.441. The Kier molecular flexibility index (Phi) is 5.04. The second kappa shape index (κ2) is 7.57. The number of hydrogen-bond donors (Lipinski definition) is 1. The monoisotopic (exact) mass is 332 g/mol. The fourth-order valence-corrected chi connectivity index (χ4v) is 2.49. The minimum atomic E-state index is -0.238. The van der Waals surface area contributed by atoms with Crippen molar-refractivity contribution in [2.45, 2.75) is 13.0 Å². The van der Waals surface area contributed by atoms with E-state index in [4.69, 9.17) is 0 Å². The Morgan fingerprint density at radius 1 is 0.960 bits per heavy atom. The summed E-state index contributed by atoms with van der Waals surface area (Å²) >= 11 is 0. The van der Waals surface area contributed by atoms with Gasteiger partial charge in [0.15, 0.2) is 5.82 Å². The molecule has 0 spiro atoms. The zero-order valence-electron chi connectivity index (χ0n) is 14.3. The Bertz CT molecular complexity index is 819. The van der Waals surface area contributed by atoms with Crippen LogP contribution in [0.25, 0.3) is 0 Å². The number of rotatable bonds is 5. The molecule has 1 heterocycles. The van der Waals surface area contributed by atoms with Gasteiger partial charge in [0.05, 0.1) is 18.4 Å². The summed E-state index contributed by atoms with van der Waals surface area (Å²) < 4.78 is 0. The Morgan fingerprint density at radius 2 is 1.60 bits per heavy atom. The van der Waals surface area contributed by atoms with Gasteiger partial charge >= 0.3 is 0 Å². The molecule has 25 heavy (non-hydrogen) atoms. The van der Waals surface area contributed by atoms with Crippen LogP contribution in [0.2, 0.25) is 0 Å². The lowest BCUT2D eigenvalue weighted by atomic mass is 10.1. The van der Waals surface area contributed by atoms with Gasteiger partial charge in [-0.1, -0.05) is 48.5 Å². The Balaban J connectivity index is 1.68. The van der Waals surface area contributed by atoms with Crippen molar-refractivity contribution in [1.82, 2.24) is 15.3 Å². The van der Waals surface area contributed by atoms with Gasteiger partial charge in [-0.05, 0) is 24.6 Å². The van der Waals surface area contributed by atoms with Crippen molar-refractivity contribution < 1.29 is 4.79 Å². The second-order valence-corrected chi connectivity index (χ2v) is 5.76. The highest BCUT2D eigenvalue weighted by Crippen LogP contribution is 2.20. The predicted molar refractivity (Wildman–Crippen MR) is 98.9 cm³/mol. The third-order valence-corrected chi connectivity index (χ3v) is 4.01. The van der Waals surface area contributed by atoms with E-state index in [1.54, 1.807) is 6.20 Å². The number of para-hydroxylation sites is 1. The maximum atomic E-state index is 12.4. The zero-order chi connectivity index (χ0) is 17.6. The first-order chi connectivity index (χ1) is 12.1. The summed E-state index contributed by atoms with van der Waals surface area (Å²) in [6.45, 7) is 1.94. The summed E-state index contributed by atoms with van der Waals surface area (Å²) in [5, 5.41) is 2.94. The highest BCUT2D eigenvalue weighted by Gasteiger charge is 2.14. The van der Waals surface area contributed by atoms with Crippen molar-refractivity contribution in [2.24, 2.45) is 0 Å². The van der Waals surface area contributed by atoms with Crippen LogP contribution in [0.15, 0.2) is 73.1 Å². The summed E-state index contributed by atoms with van der Waals surface area (Å²) in [6, 6.07) is 19.6. The molecule has 1 N–H and O–H groups in total. The van der Waals surface area contributed by atoms with Crippen molar-refractivity contribution in [2.75, 3.05) is 11.9 Å². The van der Waals surface area contributed by atoms with Crippen LogP contribution in [-0.2, 0) is 0 Å². The molecular weight excluding hydrogens is 312 g/mol. The smallest absolute Gasteiger partial charge is 0.271 e. The highest BCUT2D eigenvalue weighted by atomic mass is 16.1. The standard InChI is InChI=1S/C20H20N4O/c1-15(16-9-5-3-6-10-16)23-20(25)18-13-22-19(14-21-18)24(2)17-11-7-4-8-12-17/h3-15H,1-2H3,(H,23,25). The van der Waals surface area contributed by atoms with E-state index >= 15 is 0 Å². The van der Waals surface area contributed by atoms with Crippen molar-refractivity contribution in [3.63, 3.8) is 0 Å². The van der Waals surface area contributed by atoms with E-state index in [0.717, 1.165) is 11.3 Å². The van der Waals surface area contributed by atoms with Crippen molar-refractivity contribution in [3.8, 4) is 0 Å². The largest absolute Gasteiger partial charge is 0.344 e. The quantitative estimate of drug-likeness (QED) is 0.773. The van der Waals surface area contributed by atoms with Gasteiger partial charge in [-0.3, -0.25) is 4.79 Å². The third kappa shape index (κ3) is 4.01. The molecular formula is C20H20N4O. The van der Waals surface area contributed by atoms with Crippen molar-refractivity contribution in [1.29, 1.82) is 0 Å². The fourth-order valence-electron chi connectivity index (χ4n) is 2.49. The average Bonchev–Trinajstić information content (AvgIpc) is 2.69. The molecule has 0 aliphatic heterocycles. The van der Waals surface area contributed by atoms with Crippen molar-refractivity contribution >= 4 is 17.4 Å². The van der Waals surface area contributed by atoms with E-state index < -0.39 is 0 Å². The van der Waals surface area contributed by atoms with Gasteiger partial charge < -0.3 is 10.2 Å². The number of carbonyl (C=O) groups is 1. The Morgan fingerprint density at radius 3 is 2.20 bits per heavy atom. The number of amides is 1. The van der Waals surface area contributed by atoms with Crippen LogP contribution in [0, 0.1) is 0 Å². The molecule has 1 unspecified atom stereocenters. The number of anilines is 2. The zero-order valence-corrected chi connectivity index (χ0v) is 14.3. The third-order valence-electron chi connectivity index (χ3n) is 4.01. The average molecular weight is 332 g/mol. The van der Waals surface area contributed by atoms with Crippen LogP contribution in [0.1, 0.15) is 29.0 Å². The summed E-state index contributed by atoms with van der Waals surface area (Å²) in [4.78, 5) is 22.9. The van der Waals surface area contributed by atoms with Crippen LogP contribution >= 0.6 is 0 Å². The van der Waals surface area contributed by atoms with Crippen LogP contribution in [0.5, 0.6) is 0 Å². The molecule has 1 aromatic heterocycles. The molecule has 5 heteroatoms. The Labute approximate surface area is 147 Å². The lowest BCUT2D eigenvalue weighted by Gasteiger charge is -2.18. The fraction of sp³-hybridized carbons (Fsp3) is 0.150. The number of nitrogens with one attached hydrogen (secondary N) is 1. The topological polar surface area (TPSA) is 58.1 Å². The van der Waals surface area contributed by atoms with E-state index in [-0.39, 0.29) is 11.9 Å². The maximum absolute atomic E-state index is 12.4. The van der Waals surface area contributed by atoms with E-state index in [0.29, 0.717) is 11.5 Å². The molecule has 0 saturated carbocycles. The first kappa shape index (κ1) is 16.6. The van der Waals surface area contributed by atoms with Crippen LogP contribution in [-0.4, -0.2) is 22.9 Å². The molecule has 1 amide bonds. The van der Waals surface area contributed by atoms with E-state index in [1.807, 2.05) is 79.5 Å². The molecule has 1 atom stereocenters. The maximum Gasteiger partial charge on any atom is 0.271 e. The number of carbonyl (C=O) groups excluding carboxylic acids is 1. The van der Waals surface area contributed by atoms with Gasteiger partial charge in [-0.25, -0.2) is 9.97 Å². The Hall–Kier alpha value is -3.21. The number of hydrogen-bond acceptors (Lipinski definition) is 4. The van der Waals surface area contributed by atoms with E-state index in [1.165, 1.54) is 6.20 Å². The second-order valence-electron chi connectivity index (χ2n) is 5.76. The van der Waals surface area contributed by atoms with Crippen LogP contribution in [0.4, 0.5) is 11.5 Å². The molecule has 5 nitrogen and oxygen atoms in total. The molecule has 0 bridgehead atoms. The van der Waals surface area contributed by atoms with Crippen molar-refractivity contribution in [3.05, 3.63) is 84.3 Å². The molecule has 2 aromatic carbocycles. The van der Waals surface area contributed by atoms with Gasteiger partial charge in [0, 0.05) is 12.7 Å². The normalized spacial score (nSPS) is 11.6. The molecule has 3 rings (SSSR count). The van der Waals surface area contributed by atoms with E-state index in [9.17, 15) is 4.79 Å². The molecule has 0 fully saturated rings. The minimum absolute atomic E-state index is 0.0952. The highest BCUT2D eigenvalue weighted by molar-refractivity contribution is 5.92. The molecule has 126 valence electrons. The number of aromatic nitrogens is 2. The lowest BCUT2D eigenvalue weighted by Crippen LogP contribution is -2.27. The summed E-state index contributed by atoms with van der Waals surface area (Å²) in [6.07, 6.45) is 3.11. The molecule has 3 aromatic rings. The van der Waals surface area contributed by atoms with E-state index in [2.05, 4.69) is 15.3 Å². The molecule has 0 aliphatic carbocycles. The first-order valence-corrected chi connectivity index (χ1v) is 8.12. The minimum Gasteiger partial charge on any atom is -0.344 e. The van der Waals surface area contributed by atoms with Crippen LogP contribution in [0.3, 0.4) is 0 Å². The lowest BCUT2D eigenvalue weighted by molar-refractivity contribution is 0.0934. The predicted octanol–water partition coefficient (Wildman–Crippen LogP) is 3.74. The molecule has 0 aliphatic rings. The van der Waals surface area contributed by atoms with Gasteiger partial charge in [0.2, 0.25) is 0 Å². The number of benzene rings is 2. The number of nitrogens with zero attached hydrogens (tertiary/aromatic N) is 3. The van der Waals surface area contributed by atoms with Gasteiger partial charge in [-0.2, -0.15) is 0 Å². The molecule has 0 radical (unpaired) electrons.